The zero-order chi connectivity index (χ0) is 26.8. The number of hydrogen-bond donors (Lipinski definition) is 1. The van der Waals surface area contributed by atoms with Gasteiger partial charge in [-0.25, -0.2) is 0 Å². The number of fused-ring (bicyclic) bond motifs is 1. The first kappa shape index (κ1) is 25.7. The smallest absolute Gasteiger partial charge is 0.267 e. The lowest BCUT2D eigenvalue weighted by Gasteiger charge is -2.23. The van der Waals surface area contributed by atoms with Crippen molar-refractivity contribution in [3.63, 3.8) is 0 Å². The number of carbonyl (C=O) groups is 3. The molecule has 2 aliphatic rings. The summed E-state index contributed by atoms with van der Waals surface area (Å²) in [6.45, 7) is 4.16. The highest BCUT2D eigenvalue weighted by atomic mass is 32.2. The molecule has 1 N–H and O–H groups in total. The van der Waals surface area contributed by atoms with Gasteiger partial charge in [-0.05, 0) is 49.7 Å². The Morgan fingerprint density at radius 3 is 2.37 bits per heavy atom. The highest BCUT2D eigenvalue weighted by Gasteiger charge is 2.43. The fourth-order valence-electron chi connectivity index (χ4n) is 4.55. The molecular weight excluding hydrogens is 518 g/mol. The van der Waals surface area contributed by atoms with Gasteiger partial charge in [0.15, 0.2) is 0 Å². The molecule has 3 aromatic rings. The average Bonchev–Trinajstić information content (AvgIpc) is 3.36. The van der Waals surface area contributed by atoms with Gasteiger partial charge in [-0.15, -0.1) is 0 Å². The molecule has 1 fully saturated rings. The Bertz CT molecular complexity index is 1450. The molecule has 9 heteroatoms. The summed E-state index contributed by atoms with van der Waals surface area (Å²) in [4.78, 5) is 43.5. The number of amides is 3. The number of para-hydroxylation sites is 1. The van der Waals surface area contributed by atoms with Gasteiger partial charge in [0.25, 0.3) is 11.8 Å². The highest BCUT2D eigenvalue weighted by Crippen LogP contribution is 2.46. The van der Waals surface area contributed by atoms with Gasteiger partial charge < -0.3 is 10.1 Å². The summed E-state index contributed by atoms with van der Waals surface area (Å²) in [5.74, 6) is -0.363. The van der Waals surface area contributed by atoms with Crippen LogP contribution in [0.3, 0.4) is 0 Å². The molecule has 0 aromatic heterocycles. The molecule has 0 aliphatic carbocycles. The van der Waals surface area contributed by atoms with Crippen molar-refractivity contribution >= 4 is 63.0 Å². The van der Waals surface area contributed by atoms with Crippen LogP contribution in [-0.4, -0.2) is 40.1 Å². The zero-order valence-corrected chi connectivity index (χ0v) is 22.5. The lowest BCUT2D eigenvalue weighted by atomic mass is 10.1. The lowest BCUT2D eigenvalue weighted by Crippen LogP contribution is -2.35. The van der Waals surface area contributed by atoms with Crippen molar-refractivity contribution < 1.29 is 19.1 Å². The predicted octanol–water partition coefficient (Wildman–Crippen LogP) is 5.40. The van der Waals surface area contributed by atoms with Crippen molar-refractivity contribution in [2.45, 2.75) is 19.9 Å². The highest BCUT2D eigenvalue weighted by molar-refractivity contribution is 8.26. The van der Waals surface area contributed by atoms with E-state index in [2.05, 4.69) is 5.32 Å². The van der Waals surface area contributed by atoms with E-state index in [0.717, 1.165) is 17.3 Å². The van der Waals surface area contributed by atoms with Crippen LogP contribution in [0, 0.1) is 0 Å². The maximum absolute atomic E-state index is 13.7. The number of thiocarbonyl (C=S) groups is 1. The number of anilines is 2. The molecule has 0 unspecified atom stereocenters. The van der Waals surface area contributed by atoms with Crippen LogP contribution in [0.25, 0.3) is 5.57 Å². The molecule has 2 aliphatic heterocycles. The average molecular weight is 544 g/mol. The van der Waals surface area contributed by atoms with E-state index in [9.17, 15) is 14.4 Å². The van der Waals surface area contributed by atoms with Crippen LogP contribution in [0.4, 0.5) is 11.4 Å². The largest absolute Gasteiger partial charge is 0.494 e. The van der Waals surface area contributed by atoms with Gasteiger partial charge in [0, 0.05) is 11.3 Å². The first-order valence-corrected chi connectivity index (χ1v) is 13.4. The molecule has 0 saturated carbocycles. The van der Waals surface area contributed by atoms with Crippen molar-refractivity contribution in [1.82, 2.24) is 4.90 Å². The van der Waals surface area contributed by atoms with Crippen molar-refractivity contribution in [2.75, 3.05) is 23.4 Å². The van der Waals surface area contributed by atoms with Gasteiger partial charge in [-0.1, -0.05) is 72.5 Å². The van der Waals surface area contributed by atoms with E-state index in [1.54, 1.807) is 47.4 Å². The first-order chi connectivity index (χ1) is 18.4. The molecule has 3 aromatic carbocycles. The number of nitrogens with zero attached hydrogens (tertiary/aromatic N) is 2. The Morgan fingerprint density at radius 2 is 1.66 bits per heavy atom. The summed E-state index contributed by atoms with van der Waals surface area (Å²) in [6, 6.07) is 23.5. The monoisotopic (exact) mass is 543 g/mol. The standard InChI is InChI=1S/C29H25N3O4S2/c1-3-36-21-15-13-20(14-16-21)30-24(33)17-31-23-12-8-7-11-22(23)25(27(31)34)26-28(35)32(29(37)38-26)18(2)19-9-5-4-6-10-19/h4-16,18H,3,17H2,1-2H3,(H,30,33)/b26-25-/t18-/m1/s1. The van der Waals surface area contributed by atoms with Crippen LogP contribution in [0.1, 0.15) is 31.0 Å². The molecule has 3 amide bonds. The minimum Gasteiger partial charge on any atom is -0.494 e. The van der Waals surface area contributed by atoms with E-state index in [1.165, 1.54) is 4.90 Å². The van der Waals surface area contributed by atoms with E-state index >= 15 is 0 Å². The van der Waals surface area contributed by atoms with Gasteiger partial charge in [-0.2, -0.15) is 0 Å². The van der Waals surface area contributed by atoms with Crippen molar-refractivity contribution in [1.29, 1.82) is 0 Å². The topological polar surface area (TPSA) is 79.0 Å². The number of rotatable bonds is 7. The zero-order valence-electron chi connectivity index (χ0n) is 20.8. The maximum Gasteiger partial charge on any atom is 0.267 e. The van der Waals surface area contributed by atoms with Crippen LogP contribution in [-0.2, 0) is 14.4 Å². The van der Waals surface area contributed by atoms with E-state index in [1.807, 2.05) is 50.2 Å². The molecule has 7 nitrogen and oxygen atoms in total. The molecule has 0 bridgehead atoms. The van der Waals surface area contributed by atoms with Gasteiger partial charge in [0.2, 0.25) is 5.91 Å². The summed E-state index contributed by atoms with van der Waals surface area (Å²) in [5.41, 5.74) is 3.00. The number of ether oxygens (including phenoxy) is 1. The number of hydrogen-bond acceptors (Lipinski definition) is 6. The molecule has 0 spiro atoms. The second-order valence-corrected chi connectivity index (χ2v) is 10.4. The molecule has 192 valence electrons. The second kappa shape index (κ2) is 10.8. The van der Waals surface area contributed by atoms with E-state index in [-0.39, 0.29) is 34.9 Å². The Balaban J connectivity index is 1.40. The third kappa shape index (κ3) is 4.82. The normalized spacial score (nSPS) is 17.6. The van der Waals surface area contributed by atoms with Crippen molar-refractivity contribution in [3.8, 4) is 5.75 Å². The lowest BCUT2D eigenvalue weighted by molar-refractivity contribution is -0.123. The number of nitrogens with one attached hydrogen (secondary N) is 1. The molecule has 5 rings (SSSR count). The molecule has 0 radical (unpaired) electrons. The van der Waals surface area contributed by atoms with Crippen LogP contribution in [0.15, 0.2) is 83.8 Å². The molecule has 38 heavy (non-hydrogen) atoms. The Hall–Kier alpha value is -3.95. The number of carbonyl (C=O) groups excluding carboxylic acids is 3. The maximum atomic E-state index is 13.7. The number of thioether (sulfide) groups is 1. The Morgan fingerprint density at radius 1 is 0.974 bits per heavy atom. The quantitative estimate of drug-likeness (QED) is 0.318. The fourth-order valence-corrected chi connectivity index (χ4v) is 6.04. The molecule has 2 heterocycles. The van der Waals surface area contributed by atoms with E-state index < -0.39 is 5.91 Å². The predicted molar refractivity (Wildman–Crippen MR) is 154 cm³/mol. The summed E-state index contributed by atoms with van der Waals surface area (Å²) >= 11 is 6.70. The van der Waals surface area contributed by atoms with Gasteiger partial charge in [0.1, 0.15) is 16.6 Å². The molecular formula is C29H25N3O4S2. The third-order valence-corrected chi connectivity index (χ3v) is 7.77. The van der Waals surface area contributed by atoms with Crippen LogP contribution < -0.4 is 15.0 Å². The van der Waals surface area contributed by atoms with Gasteiger partial charge in [-0.3, -0.25) is 24.2 Å². The first-order valence-electron chi connectivity index (χ1n) is 12.2. The molecule has 1 saturated heterocycles. The SMILES string of the molecule is CCOc1ccc(NC(=O)CN2C(=O)/C(=C3\SC(=S)N([C@H](C)c4ccccc4)C3=O)c3ccccc32)cc1. The summed E-state index contributed by atoms with van der Waals surface area (Å²) in [6.07, 6.45) is 0. The Labute approximate surface area is 230 Å². The van der Waals surface area contributed by atoms with Gasteiger partial charge in [0.05, 0.1) is 28.8 Å². The fraction of sp³-hybridized carbons (Fsp3) is 0.172. The van der Waals surface area contributed by atoms with E-state index in [0.29, 0.717) is 33.6 Å². The summed E-state index contributed by atoms with van der Waals surface area (Å²) < 4.78 is 5.83. The second-order valence-electron chi connectivity index (χ2n) is 8.75. The third-order valence-electron chi connectivity index (χ3n) is 6.37. The molecule has 1 atom stereocenters. The number of benzene rings is 3. The summed E-state index contributed by atoms with van der Waals surface area (Å²) in [7, 11) is 0. The van der Waals surface area contributed by atoms with Crippen molar-refractivity contribution in [3.05, 3.63) is 94.9 Å². The summed E-state index contributed by atoms with van der Waals surface area (Å²) in [5, 5.41) is 2.82. The van der Waals surface area contributed by atoms with Crippen LogP contribution in [0.2, 0.25) is 0 Å². The van der Waals surface area contributed by atoms with Crippen LogP contribution >= 0.6 is 24.0 Å². The minimum absolute atomic E-state index is 0.201. The van der Waals surface area contributed by atoms with Crippen molar-refractivity contribution in [2.24, 2.45) is 0 Å². The van der Waals surface area contributed by atoms with Crippen LogP contribution in [0.5, 0.6) is 5.75 Å². The minimum atomic E-state index is -0.402. The Kier molecular flexibility index (Phi) is 7.31. The van der Waals surface area contributed by atoms with Gasteiger partial charge >= 0.3 is 0 Å². The van der Waals surface area contributed by atoms with E-state index in [4.69, 9.17) is 17.0 Å².